The largest absolute Gasteiger partial charge is 0.388 e. The van der Waals surface area contributed by atoms with Crippen LogP contribution in [0.5, 0.6) is 0 Å². The number of amides is 1. The standard InChI is InChI=1S/C20H21N7O3/c1-11-13(19-21-10-27(2)26-19)4-3-5-14(11)22-15-8-17(23-20(30)12-6-7-12)24-25-18(15)16(29)9-28/h3-5,8,10,12,28H,6-7,9H2,1-2H3,(H2,22,23,24,30). The fourth-order valence-corrected chi connectivity index (χ4v) is 3.02. The van der Waals surface area contributed by atoms with Crippen molar-refractivity contribution in [1.82, 2.24) is 25.0 Å². The van der Waals surface area contributed by atoms with E-state index in [4.69, 9.17) is 0 Å². The van der Waals surface area contributed by atoms with Crippen LogP contribution in [0.1, 0.15) is 28.9 Å². The second-order valence-electron chi connectivity index (χ2n) is 7.18. The second kappa shape index (κ2) is 7.99. The molecule has 2 heterocycles. The topological polar surface area (TPSA) is 135 Å². The van der Waals surface area contributed by atoms with E-state index < -0.39 is 12.4 Å². The predicted octanol–water partition coefficient (Wildman–Crippen LogP) is 1.85. The van der Waals surface area contributed by atoms with Crippen LogP contribution >= 0.6 is 0 Å². The molecule has 4 rings (SSSR count). The van der Waals surface area contributed by atoms with Gasteiger partial charge in [0.1, 0.15) is 12.9 Å². The lowest BCUT2D eigenvalue weighted by atomic mass is 10.1. The van der Waals surface area contributed by atoms with Gasteiger partial charge in [-0.1, -0.05) is 12.1 Å². The molecule has 3 N–H and O–H groups in total. The molecule has 154 valence electrons. The van der Waals surface area contributed by atoms with Gasteiger partial charge in [-0.2, -0.15) is 5.10 Å². The summed E-state index contributed by atoms with van der Waals surface area (Å²) in [6.45, 7) is 1.21. The number of ketones is 1. The third-order valence-corrected chi connectivity index (χ3v) is 4.84. The van der Waals surface area contributed by atoms with Crippen LogP contribution < -0.4 is 10.6 Å². The lowest BCUT2D eigenvalue weighted by Gasteiger charge is -2.15. The summed E-state index contributed by atoms with van der Waals surface area (Å²) >= 11 is 0. The van der Waals surface area contributed by atoms with Gasteiger partial charge in [-0.05, 0) is 31.4 Å². The predicted molar refractivity (Wildman–Crippen MR) is 109 cm³/mol. The molecule has 3 aromatic rings. The van der Waals surface area contributed by atoms with Crippen molar-refractivity contribution >= 4 is 28.9 Å². The first kappa shape index (κ1) is 19.6. The fourth-order valence-electron chi connectivity index (χ4n) is 3.02. The average Bonchev–Trinajstić information content (AvgIpc) is 3.50. The maximum Gasteiger partial charge on any atom is 0.228 e. The van der Waals surface area contributed by atoms with Crippen LogP contribution in [-0.4, -0.2) is 48.4 Å². The van der Waals surface area contributed by atoms with E-state index in [-0.39, 0.29) is 23.3 Å². The number of aryl methyl sites for hydroxylation is 1. The number of hydrogen-bond acceptors (Lipinski definition) is 8. The number of carbonyl (C=O) groups excluding carboxylic acids is 2. The van der Waals surface area contributed by atoms with Gasteiger partial charge in [0.15, 0.2) is 17.3 Å². The molecule has 0 aliphatic heterocycles. The smallest absolute Gasteiger partial charge is 0.228 e. The molecule has 1 saturated carbocycles. The molecule has 10 nitrogen and oxygen atoms in total. The van der Waals surface area contributed by atoms with Crippen molar-refractivity contribution in [2.45, 2.75) is 19.8 Å². The minimum absolute atomic E-state index is 0.00626. The summed E-state index contributed by atoms with van der Waals surface area (Å²) in [6, 6.07) is 7.14. The molecule has 1 amide bonds. The highest BCUT2D eigenvalue weighted by molar-refractivity contribution is 6.01. The first-order chi connectivity index (χ1) is 14.5. The van der Waals surface area contributed by atoms with Crippen LogP contribution in [0, 0.1) is 12.8 Å². The maximum absolute atomic E-state index is 12.1. The number of aliphatic hydroxyl groups excluding tert-OH is 1. The number of nitrogens with one attached hydrogen (secondary N) is 2. The second-order valence-corrected chi connectivity index (χ2v) is 7.18. The van der Waals surface area contributed by atoms with Crippen molar-refractivity contribution < 1.29 is 14.7 Å². The molecule has 0 spiro atoms. The molecule has 0 atom stereocenters. The Labute approximate surface area is 172 Å². The van der Waals surface area contributed by atoms with E-state index in [2.05, 4.69) is 30.9 Å². The molecule has 0 saturated heterocycles. The minimum Gasteiger partial charge on any atom is -0.388 e. The summed E-state index contributed by atoms with van der Waals surface area (Å²) < 4.78 is 1.62. The summed E-state index contributed by atoms with van der Waals surface area (Å²) in [7, 11) is 1.79. The van der Waals surface area contributed by atoms with Crippen molar-refractivity contribution in [3.8, 4) is 11.4 Å². The lowest BCUT2D eigenvalue weighted by molar-refractivity contribution is -0.117. The molecule has 1 fully saturated rings. The number of aromatic nitrogens is 5. The number of Topliss-reactive ketones (excluding diaryl/α,β-unsaturated/α-hetero) is 1. The van der Waals surface area contributed by atoms with Gasteiger partial charge in [0.2, 0.25) is 11.7 Å². The Bertz CT molecular complexity index is 1120. The Kier molecular flexibility index (Phi) is 5.23. The maximum atomic E-state index is 12.1. The van der Waals surface area contributed by atoms with E-state index in [1.54, 1.807) is 24.1 Å². The zero-order valence-electron chi connectivity index (χ0n) is 16.6. The molecule has 2 aromatic heterocycles. The molecule has 0 bridgehead atoms. The van der Waals surface area contributed by atoms with Gasteiger partial charge in [-0.25, -0.2) is 4.98 Å². The first-order valence-electron chi connectivity index (χ1n) is 9.51. The summed E-state index contributed by atoms with van der Waals surface area (Å²) in [5.74, 6) is 0.132. The van der Waals surface area contributed by atoms with Crippen molar-refractivity contribution in [3.05, 3.63) is 41.9 Å². The average molecular weight is 407 g/mol. The first-order valence-corrected chi connectivity index (χ1v) is 9.51. The number of nitrogens with zero attached hydrogens (tertiary/aromatic N) is 5. The number of anilines is 3. The minimum atomic E-state index is -0.700. The van der Waals surface area contributed by atoms with Gasteiger partial charge in [-0.15, -0.1) is 10.2 Å². The van der Waals surface area contributed by atoms with Crippen LogP contribution in [-0.2, 0) is 11.8 Å². The third-order valence-electron chi connectivity index (χ3n) is 4.84. The Balaban J connectivity index is 1.68. The zero-order valence-corrected chi connectivity index (χ0v) is 16.6. The van der Waals surface area contributed by atoms with Crippen LogP contribution in [0.4, 0.5) is 17.2 Å². The van der Waals surface area contributed by atoms with E-state index in [0.29, 0.717) is 17.2 Å². The third kappa shape index (κ3) is 4.03. The Hall–Kier alpha value is -3.66. The molecule has 0 radical (unpaired) electrons. The quantitative estimate of drug-likeness (QED) is 0.505. The van der Waals surface area contributed by atoms with E-state index in [9.17, 15) is 14.7 Å². The van der Waals surface area contributed by atoms with Gasteiger partial charge < -0.3 is 15.7 Å². The van der Waals surface area contributed by atoms with Gasteiger partial charge in [0, 0.05) is 30.3 Å². The fraction of sp³-hybridized carbons (Fsp3) is 0.300. The number of benzene rings is 1. The van der Waals surface area contributed by atoms with E-state index in [1.165, 1.54) is 0 Å². The number of aliphatic hydroxyl groups is 1. The highest BCUT2D eigenvalue weighted by Gasteiger charge is 2.30. The molecule has 1 aromatic carbocycles. The number of rotatable bonds is 7. The highest BCUT2D eigenvalue weighted by Crippen LogP contribution is 2.32. The lowest BCUT2D eigenvalue weighted by Crippen LogP contribution is -2.17. The molecular formula is C20H21N7O3. The zero-order chi connectivity index (χ0) is 21.3. The van der Waals surface area contributed by atoms with E-state index in [0.717, 1.165) is 24.0 Å². The van der Waals surface area contributed by atoms with Gasteiger partial charge in [0.25, 0.3) is 0 Å². The van der Waals surface area contributed by atoms with Crippen LogP contribution in [0.3, 0.4) is 0 Å². The molecular weight excluding hydrogens is 386 g/mol. The number of carbonyl (C=O) groups is 2. The van der Waals surface area contributed by atoms with Gasteiger partial charge in [0.05, 0.1) is 5.69 Å². The van der Waals surface area contributed by atoms with Crippen LogP contribution in [0.2, 0.25) is 0 Å². The molecule has 1 aliphatic rings. The van der Waals surface area contributed by atoms with Crippen molar-refractivity contribution in [2.75, 3.05) is 17.2 Å². The van der Waals surface area contributed by atoms with E-state index >= 15 is 0 Å². The Morgan fingerprint density at radius 3 is 2.70 bits per heavy atom. The van der Waals surface area contributed by atoms with Gasteiger partial charge >= 0.3 is 0 Å². The highest BCUT2D eigenvalue weighted by atomic mass is 16.3. The summed E-state index contributed by atoms with van der Waals surface area (Å²) in [5, 5.41) is 27.4. The Morgan fingerprint density at radius 2 is 2.03 bits per heavy atom. The SMILES string of the molecule is Cc1c(Nc2cc(NC(=O)C3CC3)nnc2C(=O)CO)cccc1-c1ncn(C)n1. The monoisotopic (exact) mass is 407 g/mol. The summed E-state index contributed by atoms with van der Waals surface area (Å²) in [6.07, 6.45) is 3.34. The molecule has 1 aliphatic carbocycles. The van der Waals surface area contributed by atoms with Crippen molar-refractivity contribution in [2.24, 2.45) is 13.0 Å². The molecule has 10 heteroatoms. The summed E-state index contributed by atoms with van der Waals surface area (Å²) in [4.78, 5) is 28.5. The normalized spacial score (nSPS) is 13.2. The van der Waals surface area contributed by atoms with Crippen molar-refractivity contribution in [3.63, 3.8) is 0 Å². The number of hydrogen-bond donors (Lipinski definition) is 3. The van der Waals surface area contributed by atoms with E-state index in [1.807, 2.05) is 25.1 Å². The molecule has 0 unspecified atom stereocenters. The summed E-state index contributed by atoms with van der Waals surface area (Å²) in [5.41, 5.74) is 2.73. The van der Waals surface area contributed by atoms with Crippen molar-refractivity contribution in [1.29, 1.82) is 0 Å². The Morgan fingerprint density at radius 1 is 1.23 bits per heavy atom. The van der Waals surface area contributed by atoms with Crippen LogP contribution in [0.15, 0.2) is 30.6 Å². The van der Waals surface area contributed by atoms with Gasteiger partial charge in [-0.3, -0.25) is 14.3 Å². The van der Waals surface area contributed by atoms with Crippen LogP contribution in [0.25, 0.3) is 11.4 Å². The molecule has 30 heavy (non-hydrogen) atoms.